The molecule has 0 aliphatic rings. The predicted molar refractivity (Wildman–Crippen MR) is 95.1 cm³/mol. The summed E-state index contributed by atoms with van der Waals surface area (Å²) in [6.07, 6.45) is 0. The van der Waals surface area contributed by atoms with Crippen molar-refractivity contribution in [3.05, 3.63) is 29.5 Å². The molecule has 2 aromatic heterocycles. The number of nitrogens with zero attached hydrogens (tertiary/aromatic N) is 2. The van der Waals surface area contributed by atoms with Gasteiger partial charge in [-0.05, 0) is 51.5 Å². The van der Waals surface area contributed by atoms with Gasteiger partial charge in [-0.1, -0.05) is 11.8 Å². The molecule has 126 valence electrons. The van der Waals surface area contributed by atoms with E-state index in [0.29, 0.717) is 11.1 Å². The molecule has 0 radical (unpaired) electrons. The summed E-state index contributed by atoms with van der Waals surface area (Å²) in [5, 5.41) is 12.5. The number of aromatic nitrogens is 3. The van der Waals surface area contributed by atoms with E-state index in [-0.39, 0.29) is 17.7 Å². The van der Waals surface area contributed by atoms with E-state index in [1.54, 1.807) is 0 Å². The van der Waals surface area contributed by atoms with Crippen LogP contribution < -0.4 is 5.32 Å². The van der Waals surface area contributed by atoms with Gasteiger partial charge in [0.05, 0.1) is 5.75 Å². The fourth-order valence-electron chi connectivity index (χ4n) is 2.47. The highest BCUT2D eigenvalue weighted by molar-refractivity contribution is 7.99. The van der Waals surface area contributed by atoms with Crippen molar-refractivity contribution in [3.63, 3.8) is 0 Å². The van der Waals surface area contributed by atoms with Crippen LogP contribution in [-0.4, -0.2) is 32.9 Å². The van der Waals surface area contributed by atoms with Crippen molar-refractivity contribution in [2.45, 2.75) is 39.0 Å². The Morgan fingerprint density at radius 3 is 2.88 bits per heavy atom. The average Bonchev–Trinajstić information content (AvgIpc) is 3.10. The first-order chi connectivity index (χ1) is 11.4. The molecule has 0 saturated heterocycles. The molecular formula is C17H20N4O2S. The maximum atomic E-state index is 11.7. The van der Waals surface area contributed by atoms with Gasteiger partial charge >= 0.3 is 0 Å². The summed E-state index contributed by atoms with van der Waals surface area (Å²) in [6, 6.07) is 6.13. The van der Waals surface area contributed by atoms with Crippen molar-refractivity contribution >= 4 is 28.6 Å². The van der Waals surface area contributed by atoms with Gasteiger partial charge in [0.15, 0.2) is 0 Å². The van der Waals surface area contributed by atoms with Crippen LogP contribution in [0.2, 0.25) is 0 Å². The highest BCUT2D eigenvalue weighted by Gasteiger charge is 2.13. The molecule has 0 bridgehead atoms. The fraction of sp³-hybridized carbons (Fsp3) is 0.353. The normalized spacial score (nSPS) is 11.4. The number of aromatic amines is 1. The number of aryl methyl sites for hydroxylation is 2. The van der Waals surface area contributed by atoms with Gasteiger partial charge in [0.25, 0.3) is 5.22 Å². The van der Waals surface area contributed by atoms with Crippen molar-refractivity contribution in [1.29, 1.82) is 0 Å². The van der Waals surface area contributed by atoms with Crippen LogP contribution in [0.15, 0.2) is 27.8 Å². The van der Waals surface area contributed by atoms with Crippen molar-refractivity contribution in [1.82, 2.24) is 20.5 Å². The maximum absolute atomic E-state index is 11.7. The predicted octanol–water partition coefficient (Wildman–Crippen LogP) is 3.45. The first-order valence-electron chi connectivity index (χ1n) is 7.79. The molecule has 1 aromatic carbocycles. The van der Waals surface area contributed by atoms with E-state index in [1.165, 1.54) is 17.3 Å². The van der Waals surface area contributed by atoms with Crippen molar-refractivity contribution in [2.24, 2.45) is 0 Å². The molecule has 6 nitrogen and oxygen atoms in total. The Morgan fingerprint density at radius 1 is 1.33 bits per heavy atom. The summed E-state index contributed by atoms with van der Waals surface area (Å²) < 4.78 is 5.67. The zero-order valence-corrected chi connectivity index (χ0v) is 15.0. The van der Waals surface area contributed by atoms with Crippen molar-refractivity contribution in [3.8, 4) is 11.5 Å². The van der Waals surface area contributed by atoms with Crippen LogP contribution in [0, 0.1) is 13.8 Å². The van der Waals surface area contributed by atoms with E-state index in [0.717, 1.165) is 22.2 Å². The smallest absolute Gasteiger partial charge is 0.277 e. The third kappa shape index (κ3) is 3.46. The van der Waals surface area contributed by atoms with E-state index in [2.05, 4.69) is 34.3 Å². The highest BCUT2D eigenvalue weighted by Crippen LogP contribution is 2.28. The first kappa shape index (κ1) is 16.6. The summed E-state index contributed by atoms with van der Waals surface area (Å²) in [7, 11) is 0. The molecule has 7 heteroatoms. The number of amides is 1. The molecule has 0 atom stereocenters. The largest absolute Gasteiger partial charge is 0.411 e. The number of H-pyrrole nitrogens is 1. The Kier molecular flexibility index (Phi) is 4.62. The van der Waals surface area contributed by atoms with Gasteiger partial charge in [0, 0.05) is 28.2 Å². The van der Waals surface area contributed by atoms with Gasteiger partial charge in [-0.3, -0.25) is 4.79 Å². The quantitative estimate of drug-likeness (QED) is 0.693. The number of nitrogens with one attached hydrogen (secondary N) is 2. The highest BCUT2D eigenvalue weighted by atomic mass is 32.2. The summed E-state index contributed by atoms with van der Waals surface area (Å²) in [5.74, 6) is 0.672. The van der Waals surface area contributed by atoms with Crippen LogP contribution in [-0.2, 0) is 4.79 Å². The van der Waals surface area contributed by atoms with Crippen LogP contribution in [0.1, 0.15) is 25.1 Å². The summed E-state index contributed by atoms with van der Waals surface area (Å²) in [6.45, 7) is 7.99. The van der Waals surface area contributed by atoms with Gasteiger partial charge < -0.3 is 14.7 Å². The van der Waals surface area contributed by atoms with E-state index in [1.807, 2.05) is 32.0 Å². The lowest BCUT2D eigenvalue weighted by molar-refractivity contribution is -0.119. The van der Waals surface area contributed by atoms with E-state index < -0.39 is 0 Å². The number of thioether (sulfide) groups is 1. The first-order valence-corrected chi connectivity index (χ1v) is 8.77. The molecule has 2 heterocycles. The van der Waals surface area contributed by atoms with E-state index in [4.69, 9.17) is 4.42 Å². The third-order valence-corrected chi connectivity index (χ3v) is 4.56. The lowest BCUT2D eigenvalue weighted by Crippen LogP contribution is -2.31. The lowest BCUT2D eigenvalue weighted by atomic mass is 10.1. The second kappa shape index (κ2) is 6.68. The molecule has 0 unspecified atom stereocenters. The standard InChI is InChI=1S/C17H20N4O2S/c1-9(2)18-15(22)8-24-17-21-20-16(23-17)12-5-6-14-13(7-12)10(3)11(4)19-14/h5-7,9,19H,8H2,1-4H3,(H,18,22). The molecule has 0 aliphatic heterocycles. The topological polar surface area (TPSA) is 83.8 Å². The molecule has 2 N–H and O–H groups in total. The monoisotopic (exact) mass is 344 g/mol. The number of rotatable bonds is 5. The maximum Gasteiger partial charge on any atom is 0.277 e. The van der Waals surface area contributed by atoms with Crippen LogP contribution in [0.25, 0.3) is 22.4 Å². The average molecular weight is 344 g/mol. The Labute approximate surface area is 144 Å². The van der Waals surface area contributed by atoms with Crippen LogP contribution in [0.3, 0.4) is 0 Å². The van der Waals surface area contributed by atoms with E-state index >= 15 is 0 Å². The zero-order chi connectivity index (χ0) is 17.3. The van der Waals surface area contributed by atoms with Crippen LogP contribution >= 0.6 is 11.8 Å². The summed E-state index contributed by atoms with van der Waals surface area (Å²) >= 11 is 1.24. The number of carbonyl (C=O) groups excluding carboxylic acids is 1. The van der Waals surface area contributed by atoms with Gasteiger partial charge in [0.1, 0.15) is 0 Å². The molecule has 3 aromatic rings. The van der Waals surface area contributed by atoms with E-state index in [9.17, 15) is 4.79 Å². The minimum absolute atomic E-state index is 0.0467. The molecule has 0 fully saturated rings. The zero-order valence-electron chi connectivity index (χ0n) is 14.1. The second-order valence-corrected chi connectivity index (χ2v) is 6.95. The van der Waals surface area contributed by atoms with Gasteiger partial charge in [-0.15, -0.1) is 10.2 Å². The fourth-order valence-corrected chi connectivity index (χ4v) is 3.04. The molecule has 0 spiro atoms. The van der Waals surface area contributed by atoms with Gasteiger partial charge in [0.2, 0.25) is 11.8 Å². The molecule has 0 aliphatic carbocycles. The summed E-state index contributed by atoms with van der Waals surface area (Å²) in [4.78, 5) is 15.0. The number of hydrogen-bond acceptors (Lipinski definition) is 5. The van der Waals surface area contributed by atoms with Crippen molar-refractivity contribution < 1.29 is 9.21 Å². The Balaban J connectivity index is 1.75. The Morgan fingerprint density at radius 2 is 2.12 bits per heavy atom. The Hall–Kier alpha value is -2.28. The minimum Gasteiger partial charge on any atom is -0.411 e. The number of carbonyl (C=O) groups is 1. The number of benzene rings is 1. The molecular weight excluding hydrogens is 324 g/mol. The molecule has 3 rings (SSSR count). The molecule has 1 amide bonds. The SMILES string of the molecule is Cc1[nH]c2ccc(-c3nnc(SCC(=O)NC(C)C)o3)cc2c1C. The van der Waals surface area contributed by atoms with Gasteiger partial charge in [-0.2, -0.15) is 0 Å². The summed E-state index contributed by atoms with van der Waals surface area (Å²) in [5.41, 5.74) is 4.33. The van der Waals surface area contributed by atoms with Crippen LogP contribution in [0.5, 0.6) is 0 Å². The number of fused-ring (bicyclic) bond motifs is 1. The van der Waals surface area contributed by atoms with Crippen LogP contribution in [0.4, 0.5) is 0 Å². The van der Waals surface area contributed by atoms with Crippen molar-refractivity contribution in [2.75, 3.05) is 5.75 Å². The molecule has 0 saturated carbocycles. The second-order valence-electron chi connectivity index (χ2n) is 6.02. The third-order valence-electron chi connectivity index (χ3n) is 3.74. The minimum atomic E-state index is -0.0467. The lowest BCUT2D eigenvalue weighted by Gasteiger charge is -2.06. The number of hydrogen-bond donors (Lipinski definition) is 2. The molecule has 24 heavy (non-hydrogen) atoms. The Bertz CT molecular complexity index is 882. The van der Waals surface area contributed by atoms with Gasteiger partial charge in [-0.25, -0.2) is 0 Å².